The van der Waals surface area contributed by atoms with Crippen molar-refractivity contribution in [1.29, 1.82) is 0 Å². The number of thiophene rings is 1. The van der Waals surface area contributed by atoms with E-state index in [0.29, 0.717) is 0 Å². The lowest BCUT2D eigenvalue weighted by Crippen LogP contribution is -2.36. The third-order valence-electron chi connectivity index (χ3n) is 3.97. The first-order valence-electron chi connectivity index (χ1n) is 7.17. The first kappa shape index (κ1) is 13.1. The lowest BCUT2D eigenvalue weighted by atomic mass is 9.99. The lowest BCUT2D eigenvalue weighted by Gasteiger charge is -2.27. The predicted molar refractivity (Wildman–Crippen MR) is 83.8 cm³/mol. The van der Waals surface area contributed by atoms with Crippen LogP contribution in [0.5, 0.6) is 0 Å². The highest BCUT2D eigenvalue weighted by atomic mass is 32.1. The topological polar surface area (TPSA) is 15.3 Å². The molecule has 1 saturated heterocycles. The van der Waals surface area contributed by atoms with Crippen LogP contribution in [-0.4, -0.2) is 31.6 Å². The van der Waals surface area contributed by atoms with Crippen LogP contribution in [0.4, 0.5) is 0 Å². The van der Waals surface area contributed by atoms with Gasteiger partial charge in [0.15, 0.2) is 0 Å². The molecule has 0 radical (unpaired) electrons. The SMILES string of the molecule is CN(Cc1csc2ccccc12)CC1CCCNC1. The van der Waals surface area contributed by atoms with Crippen LogP contribution in [-0.2, 0) is 6.54 Å². The Labute approximate surface area is 119 Å². The molecule has 3 heteroatoms. The van der Waals surface area contributed by atoms with E-state index in [1.54, 1.807) is 0 Å². The van der Waals surface area contributed by atoms with Gasteiger partial charge in [-0.15, -0.1) is 11.3 Å². The second kappa shape index (κ2) is 6.04. The number of hydrogen-bond acceptors (Lipinski definition) is 3. The van der Waals surface area contributed by atoms with Crippen molar-refractivity contribution in [3.05, 3.63) is 35.2 Å². The van der Waals surface area contributed by atoms with Crippen LogP contribution in [0.3, 0.4) is 0 Å². The van der Waals surface area contributed by atoms with Crippen LogP contribution in [0, 0.1) is 5.92 Å². The Balaban J connectivity index is 1.63. The Kier molecular flexibility index (Phi) is 4.16. The largest absolute Gasteiger partial charge is 0.316 e. The zero-order valence-electron chi connectivity index (χ0n) is 11.6. The highest BCUT2D eigenvalue weighted by Gasteiger charge is 2.15. The van der Waals surface area contributed by atoms with Crippen LogP contribution in [0.1, 0.15) is 18.4 Å². The Hall–Kier alpha value is -0.900. The molecule has 1 aliphatic rings. The maximum Gasteiger partial charge on any atom is 0.0346 e. The van der Waals surface area contributed by atoms with E-state index in [0.717, 1.165) is 12.5 Å². The lowest BCUT2D eigenvalue weighted by molar-refractivity contribution is 0.238. The molecule has 0 aliphatic carbocycles. The summed E-state index contributed by atoms with van der Waals surface area (Å²) in [6.07, 6.45) is 2.71. The first-order valence-corrected chi connectivity index (χ1v) is 8.05. The second-order valence-corrected chi connectivity index (χ2v) is 6.58. The molecule has 1 atom stereocenters. The van der Waals surface area contributed by atoms with Crippen molar-refractivity contribution >= 4 is 21.4 Å². The van der Waals surface area contributed by atoms with E-state index in [2.05, 4.69) is 46.9 Å². The third-order valence-corrected chi connectivity index (χ3v) is 4.98. The van der Waals surface area contributed by atoms with Crippen molar-refractivity contribution in [3.63, 3.8) is 0 Å². The third kappa shape index (κ3) is 3.16. The minimum atomic E-state index is 0.823. The molecule has 2 aromatic rings. The van der Waals surface area contributed by atoms with E-state index in [9.17, 15) is 0 Å². The Bertz CT molecular complexity index is 528. The van der Waals surface area contributed by atoms with Gasteiger partial charge in [0.05, 0.1) is 0 Å². The molecule has 1 aromatic carbocycles. The number of fused-ring (bicyclic) bond motifs is 1. The molecule has 2 heterocycles. The van der Waals surface area contributed by atoms with Crippen molar-refractivity contribution in [1.82, 2.24) is 10.2 Å². The second-order valence-electron chi connectivity index (χ2n) is 5.67. The fourth-order valence-electron chi connectivity index (χ4n) is 3.03. The average Bonchev–Trinajstić information content (AvgIpc) is 2.83. The number of piperidine rings is 1. The molecular formula is C16H22N2S. The number of hydrogen-bond donors (Lipinski definition) is 1. The van der Waals surface area contributed by atoms with Gasteiger partial charge in [-0.05, 0) is 61.3 Å². The zero-order chi connectivity index (χ0) is 13.1. The number of benzene rings is 1. The molecule has 3 rings (SSSR count). The molecule has 1 aromatic heterocycles. The normalized spacial score (nSPS) is 20.2. The average molecular weight is 274 g/mol. The quantitative estimate of drug-likeness (QED) is 0.920. The molecule has 1 N–H and O–H groups in total. The van der Waals surface area contributed by atoms with Crippen molar-refractivity contribution < 1.29 is 0 Å². The minimum Gasteiger partial charge on any atom is -0.316 e. The van der Waals surface area contributed by atoms with Crippen molar-refractivity contribution in [3.8, 4) is 0 Å². The van der Waals surface area contributed by atoms with Crippen LogP contribution < -0.4 is 5.32 Å². The molecule has 19 heavy (non-hydrogen) atoms. The fourth-order valence-corrected chi connectivity index (χ4v) is 3.99. The number of nitrogens with zero attached hydrogens (tertiary/aromatic N) is 1. The predicted octanol–water partition coefficient (Wildman–Crippen LogP) is 3.33. The van der Waals surface area contributed by atoms with Crippen LogP contribution in [0.2, 0.25) is 0 Å². The summed E-state index contributed by atoms with van der Waals surface area (Å²) in [6, 6.07) is 8.73. The van der Waals surface area contributed by atoms with Gasteiger partial charge in [0.25, 0.3) is 0 Å². The molecule has 102 valence electrons. The smallest absolute Gasteiger partial charge is 0.0346 e. The van der Waals surface area contributed by atoms with E-state index in [4.69, 9.17) is 0 Å². The molecule has 0 spiro atoms. The zero-order valence-corrected chi connectivity index (χ0v) is 12.4. The maximum atomic E-state index is 3.50. The number of rotatable bonds is 4. The molecule has 0 amide bonds. The maximum absolute atomic E-state index is 3.50. The van der Waals surface area contributed by atoms with Crippen molar-refractivity contribution in [2.75, 3.05) is 26.7 Å². The summed E-state index contributed by atoms with van der Waals surface area (Å²) >= 11 is 1.86. The first-order chi connectivity index (χ1) is 9.33. The van der Waals surface area contributed by atoms with Gasteiger partial charge in [0, 0.05) is 17.8 Å². The highest BCUT2D eigenvalue weighted by molar-refractivity contribution is 7.17. The molecular weight excluding hydrogens is 252 g/mol. The van der Waals surface area contributed by atoms with E-state index in [1.165, 1.54) is 48.1 Å². The summed E-state index contributed by atoms with van der Waals surface area (Å²) in [4.78, 5) is 2.48. The van der Waals surface area contributed by atoms with Crippen LogP contribution in [0.25, 0.3) is 10.1 Å². The fraction of sp³-hybridized carbons (Fsp3) is 0.500. The van der Waals surface area contributed by atoms with Gasteiger partial charge in [0.2, 0.25) is 0 Å². The summed E-state index contributed by atoms with van der Waals surface area (Å²) in [5, 5.41) is 7.26. The van der Waals surface area contributed by atoms with Crippen LogP contribution in [0.15, 0.2) is 29.6 Å². The summed E-state index contributed by atoms with van der Waals surface area (Å²) in [5.74, 6) is 0.823. The Morgan fingerprint density at radius 2 is 2.26 bits per heavy atom. The molecule has 0 saturated carbocycles. The van der Waals surface area contributed by atoms with E-state index < -0.39 is 0 Å². The monoisotopic (exact) mass is 274 g/mol. The van der Waals surface area contributed by atoms with E-state index in [1.807, 2.05) is 11.3 Å². The Morgan fingerprint density at radius 3 is 3.11 bits per heavy atom. The highest BCUT2D eigenvalue weighted by Crippen LogP contribution is 2.26. The molecule has 0 bridgehead atoms. The minimum absolute atomic E-state index is 0.823. The van der Waals surface area contributed by atoms with Crippen LogP contribution >= 0.6 is 11.3 Å². The molecule has 1 aliphatic heterocycles. The van der Waals surface area contributed by atoms with E-state index >= 15 is 0 Å². The van der Waals surface area contributed by atoms with Gasteiger partial charge in [-0.3, -0.25) is 0 Å². The number of nitrogens with one attached hydrogen (secondary N) is 1. The molecule has 2 nitrogen and oxygen atoms in total. The van der Waals surface area contributed by atoms with E-state index in [-0.39, 0.29) is 0 Å². The molecule has 1 fully saturated rings. The van der Waals surface area contributed by atoms with Gasteiger partial charge in [0.1, 0.15) is 0 Å². The summed E-state index contributed by atoms with van der Waals surface area (Å²) < 4.78 is 1.41. The molecule has 1 unspecified atom stereocenters. The van der Waals surface area contributed by atoms with Crippen molar-refractivity contribution in [2.45, 2.75) is 19.4 Å². The Morgan fingerprint density at radius 1 is 1.37 bits per heavy atom. The standard InChI is InChI=1S/C16H22N2S/c1-18(10-13-5-4-8-17-9-13)11-14-12-19-16-7-3-2-6-15(14)16/h2-3,6-7,12-13,17H,4-5,8-11H2,1H3. The summed E-state index contributed by atoms with van der Waals surface area (Å²) in [5.41, 5.74) is 1.48. The van der Waals surface area contributed by atoms with Gasteiger partial charge < -0.3 is 10.2 Å². The van der Waals surface area contributed by atoms with Gasteiger partial charge >= 0.3 is 0 Å². The van der Waals surface area contributed by atoms with Gasteiger partial charge in [-0.25, -0.2) is 0 Å². The van der Waals surface area contributed by atoms with Gasteiger partial charge in [-0.1, -0.05) is 18.2 Å². The van der Waals surface area contributed by atoms with Gasteiger partial charge in [-0.2, -0.15) is 0 Å². The van der Waals surface area contributed by atoms with Crippen molar-refractivity contribution in [2.24, 2.45) is 5.92 Å². The summed E-state index contributed by atoms with van der Waals surface area (Å²) in [6.45, 7) is 4.67. The summed E-state index contributed by atoms with van der Waals surface area (Å²) in [7, 11) is 2.25.